The lowest BCUT2D eigenvalue weighted by Gasteiger charge is -2.40. The zero-order chi connectivity index (χ0) is 14.5. The summed E-state index contributed by atoms with van der Waals surface area (Å²) in [5, 5.41) is 9.62. The van der Waals surface area contributed by atoms with Crippen LogP contribution in [-0.4, -0.2) is 24.3 Å². The molecule has 1 aliphatic rings. The minimum atomic E-state index is -0.0756. The highest BCUT2D eigenvalue weighted by Crippen LogP contribution is 2.56. The second-order valence-corrected chi connectivity index (χ2v) is 6.73. The monoisotopic (exact) mass is 270 g/mol. The van der Waals surface area contributed by atoms with E-state index >= 15 is 0 Å². The zero-order valence-corrected chi connectivity index (χ0v) is 13.0. The van der Waals surface area contributed by atoms with Gasteiger partial charge >= 0.3 is 5.97 Å². The minimum Gasteiger partial charge on any atom is -0.466 e. The summed E-state index contributed by atoms with van der Waals surface area (Å²) in [6.45, 7) is 9.36. The summed E-state index contributed by atoms with van der Waals surface area (Å²) >= 11 is 0. The van der Waals surface area contributed by atoms with E-state index in [1.165, 1.54) is 6.42 Å². The first-order valence-corrected chi connectivity index (χ1v) is 7.64. The zero-order valence-electron chi connectivity index (χ0n) is 13.0. The van der Waals surface area contributed by atoms with Gasteiger partial charge in [-0.3, -0.25) is 4.79 Å². The Morgan fingerprint density at radius 1 is 1.32 bits per heavy atom. The van der Waals surface area contributed by atoms with Crippen LogP contribution in [0.4, 0.5) is 0 Å². The quantitative estimate of drug-likeness (QED) is 0.568. The molecule has 0 amide bonds. The Morgan fingerprint density at radius 2 is 2.00 bits per heavy atom. The van der Waals surface area contributed by atoms with Crippen molar-refractivity contribution in [1.82, 2.24) is 0 Å². The van der Waals surface area contributed by atoms with Gasteiger partial charge in [-0.05, 0) is 49.4 Å². The molecule has 0 heterocycles. The Labute approximate surface area is 117 Å². The highest BCUT2D eigenvalue weighted by molar-refractivity contribution is 5.69. The van der Waals surface area contributed by atoms with Crippen LogP contribution in [0.3, 0.4) is 0 Å². The van der Waals surface area contributed by atoms with E-state index in [1.54, 1.807) is 0 Å². The van der Waals surface area contributed by atoms with Crippen LogP contribution >= 0.6 is 0 Å². The third kappa shape index (κ3) is 3.71. The lowest BCUT2D eigenvalue weighted by molar-refractivity contribution is -0.143. The van der Waals surface area contributed by atoms with Crippen molar-refractivity contribution >= 4 is 5.97 Å². The number of aliphatic hydroxyl groups excluding tert-OH is 1. The molecule has 0 aromatic rings. The van der Waals surface area contributed by atoms with Crippen molar-refractivity contribution in [2.75, 3.05) is 13.2 Å². The number of carbonyl (C=O) groups is 1. The molecular weight excluding hydrogens is 240 g/mol. The molecule has 112 valence electrons. The Kier molecular flexibility index (Phi) is 5.84. The highest BCUT2D eigenvalue weighted by Gasteiger charge is 2.50. The fourth-order valence-electron chi connectivity index (χ4n) is 3.35. The van der Waals surface area contributed by atoms with E-state index in [-0.39, 0.29) is 23.4 Å². The van der Waals surface area contributed by atoms with Crippen molar-refractivity contribution in [2.45, 2.75) is 66.2 Å². The van der Waals surface area contributed by atoms with Crippen LogP contribution in [-0.2, 0) is 9.53 Å². The Balaban J connectivity index is 2.33. The molecule has 0 aliphatic heterocycles. The van der Waals surface area contributed by atoms with Gasteiger partial charge in [-0.1, -0.05) is 27.2 Å². The van der Waals surface area contributed by atoms with Crippen molar-refractivity contribution in [1.29, 1.82) is 0 Å². The molecule has 0 radical (unpaired) electrons. The lowest BCUT2D eigenvalue weighted by atomic mass is 9.65. The van der Waals surface area contributed by atoms with E-state index in [0.717, 1.165) is 25.7 Å². The predicted molar refractivity (Wildman–Crippen MR) is 76.8 cm³/mol. The molecule has 0 bridgehead atoms. The molecule has 19 heavy (non-hydrogen) atoms. The summed E-state index contributed by atoms with van der Waals surface area (Å²) in [6, 6.07) is 0. The number of hydrogen-bond donors (Lipinski definition) is 1. The van der Waals surface area contributed by atoms with Crippen molar-refractivity contribution < 1.29 is 14.6 Å². The molecule has 0 saturated heterocycles. The molecule has 0 spiro atoms. The smallest absolute Gasteiger partial charge is 0.305 e. The summed E-state index contributed by atoms with van der Waals surface area (Å²) in [5.41, 5.74) is 0.241. The third-order valence-electron chi connectivity index (χ3n) is 5.46. The first kappa shape index (κ1) is 16.5. The van der Waals surface area contributed by atoms with Gasteiger partial charge in [-0.2, -0.15) is 0 Å². The number of hydrogen-bond acceptors (Lipinski definition) is 3. The predicted octanol–water partition coefficient (Wildman–Crippen LogP) is 3.54. The summed E-state index contributed by atoms with van der Waals surface area (Å²) in [5.74, 6) is 0.584. The van der Waals surface area contributed by atoms with Crippen LogP contribution in [0.1, 0.15) is 66.2 Å². The summed E-state index contributed by atoms with van der Waals surface area (Å²) in [6.07, 6.45) is 6.00. The van der Waals surface area contributed by atoms with Gasteiger partial charge in [0.15, 0.2) is 0 Å². The van der Waals surface area contributed by atoms with Gasteiger partial charge in [0.2, 0.25) is 0 Å². The lowest BCUT2D eigenvalue weighted by Crippen LogP contribution is -2.37. The molecule has 3 heteroatoms. The van der Waals surface area contributed by atoms with E-state index in [9.17, 15) is 9.90 Å². The molecule has 0 aromatic heterocycles. The number of esters is 1. The van der Waals surface area contributed by atoms with Gasteiger partial charge in [0.25, 0.3) is 0 Å². The second kappa shape index (κ2) is 6.74. The normalized spacial score (nSPS) is 29.4. The fourth-order valence-corrected chi connectivity index (χ4v) is 3.35. The number of ether oxygens (including phenoxy) is 1. The van der Waals surface area contributed by atoms with Gasteiger partial charge in [-0.25, -0.2) is 0 Å². The van der Waals surface area contributed by atoms with E-state index < -0.39 is 0 Å². The Bertz CT molecular complexity index is 298. The first-order chi connectivity index (χ1) is 8.87. The van der Waals surface area contributed by atoms with Crippen LogP contribution < -0.4 is 0 Å². The molecule has 2 unspecified atom stereocenters. The maximum absolute atomic E-state index is 11.3. The minimum absolute atomic E-state index is 0.0544. The van der Waals surface area contributed by atoms with Crippen molar-refractivity contribution in [3.05, 3.63) is 0 Å². The molecule has 1 rings (SSSR count). The SMILES string of the molecule is CCOC(=O)CCCCC1CCC(C)(CO)C1(C)C. The van der Waals surface area contributed by atoms with E-state index in [4.69, 9.17) is 4.74 Å². The average molecular weight is 270 g/mol. The maximum Gasteiger partial charge on any atom is 0.305 e. The van der Waals surface area contributed by atoms with E-state index in [2.05, 4.69) is 20.8 Å². The van der Waals surface area contributed by atoms with E-state index in [0.29, 0.717) is 18.9 Å². The number of rotatable bonds is 7. The van der Waals surface area contributed by atoms with Gasteiger partial charge in [0, 0.05) is 13.0 Å². The number of aliphatic hydroxyl groups is 1. The molecule has 1 fully saturated rings. The molecule has 1 saturated carbocycles. The fraction of sp³-hybridized carbons (Fsp3) is 0.938. The van der Waals surface area contributed by atoms with Crippen LogP contribution in [0.2, 0.25) is 0 Å². The van der Waals surface area contributed by atoms with Crippen molar-refractivity contribution in [2.24, 2.45) is 16.7 Å². The summed E-state index contributed by atoms with van der Waals surface area (Å²) in [4.78, 5) is 11.3. The van der Waals surface area contributed by atoms with E-state index in [1.807, 2.05) is 6.92 Å². The number of carbonyl (C=O) groups excluding carboxylic acids is 1. The van der Waals surface area contributed by atoms with Gasteiger partial charge in [0.05, 0.1) is 6.61 Å². The maximum atomic E-state index is 11.3. The standard InChI is InChI=1S/C16H30O3/c1-5-19-14(18)9-7-6-8-13-10-11-16(4,12-17)15(13,2)3/h13,17H,5-12H2,1-4H3. The Hall–Kier alpha value is -0.570. The molecule has 0 aromatic carbocycles. The van der Waals surface area contributed by atoms with Crippen LogP contribution in [0, 0.1) is 16.7 Å². The van der Waals surface area contributed by atoms with Crippen molar-refractivity contribution in [3.63, 3.8) is 0 Å². The third-order valence-corrected chi connectivity index (χ3v) is 5.46. The molecule has 2 atom stereocenters. The Morgan fingerprint density at radius 3 is 2.53 bits per heavy atom. The van der Waals surface area contributed by atoms with Gasteiger partial charge in [-0.15, -0.1) is 0 Å². The number of unbranched alkanes of at least 4 members (excludes halogenated alkanes) is 1. The van der Waals surface area contributed by atoms with Crippen LogP contribution in [0.5, 0.6) is 0 Å². The molecule has 1 aliphatic carbocycles. The average Bonchev–Trinajstić information content (AvgIpc) is 2.58. The molecule has 1 N–H and O–H groups in total. The van der Waals surface area contributed by atoms with Crippen molar-refractivity contribution in [3.8, 4) is 0 Å². The van der Waals surface area contributed by atoms with Crippen LogP contribution in [0.15, 0.2) is 0 Å². The van der Waals surface area contributed by atoms with Gasteiger partial charge < -0.3 is 9.84 Å². The summed E-state index contributed by atoms with van der Waals surface area (Å²) in [7, 11) is 0. The topological polar surface area (TPSA) is 46.5 Å². The van der Waals surface area contributed by atoms with Crippen LogP contribution in [0.25, 0.3) is 0 Å². The first-order valence-electron chi connectivity index (χ1n) is 7.64. The molecule has 3 nitrogen and oxygen atoms in total. The largest absolute Gasteiger partial charge is 0.466 e. The van der Waals surface area contributed by atoms with Gasteiger partial charge in [0.1, 0.15) is 0 Å². The highest BCUT2D eigenvalue weighted by atomic mass is 16.5. The molecular formula is C16H30O3. The summed E-state index contributed by atoms with van der Waals surface area (Å²) < 4.78 is 4.93. The second-order valence-electron chi connectivity index (χ2n) is 6.73.